The molecule has 4 rings (SSSR count). The first-order chi connectivity index (χ1) is 15.5. The van der Waals surface area contributed by atoms with Gasteiger partial charge in [0.05, 0.1) is 12.1 Å². The van der Waals surface area contributed by atoms with Crippen molar-refractivity contribution in [1.82, 2.24) is 19.8 Å². The van der Waals surface area contributed by atoms with Crippen LogP contribution in [0.15, 0.2) is 54.9 Å². The molecular formula is C25H29ClN4O2. The van der Waals surface area contributed by atoms with E-state index in [1.165, 1.54) is 0 Å². The lowest BCUT2D eigenvalue weighted by Gasteiger charge is -2.35. The zero-order valence-electron chi connectivity index (χ0n) is 18.6. The minimum absolute atomic E-state index is 0.0219. The quantitative estimate of drug-likeness (QED) is 0.503. The summed E-state index contributed by atoms with van der Waals surface area (Å²) in [6.07, 6.45) is 2.98. The molecule has 0 aliphatic carbocycles. The highest BCUT2D eigenvalue weighted by Crippen LogP contribution is 2.21. The normalized spacial score (nSPS) is 17.1. The van der Waals surface area contributed by atoms with E-state index in [0.29, 0.717) is 43.9 Å². The predicted octanol–water partition coefficient (Wildman–Crippen LogP) is 4.17. The van der Waals surface area contributed by atoms with Crippen LogP contribution in [0, 0.1) is 5.92 Å². The van der Waals surface area contributed by atoms with Crippen molar-refractivity contribution < 1.29 is 9.53 Å². The van der Waals surface area contributed by atoms with E-state index in [-0.39, 0.29) is 5.91 Å². The fourth-order valence-electron chi connectivity index (χ4n) is 4.15. The van der Waals surface area contributed by atoms with E-state index in [0.717, 1.165) is 28.6 Å². The van der Waals surface area contributed by atoms with Gasteiger partial charge in [-0.1, -0.05) is 55.8 Å². The summed E-state index contributed by atoms with van der Waals surface area (Å²) in [6.45, 7) is 7.88. The number of hydrogen-bond donors (Lipinski definition) is 0. The van der Waals surface area contributed by atoms with Crippen molar-refractivity contribution in [3.05, 3.63) is 71.1 Å². The Morgan fingerprint density at radius 2 is 1.91 bits per heavy atom. The number of carbonyl (C=O) groups is 1. The largest absolute Gasteiger partial charge is 0.366 e. The number of nitrogens with zero attached hydrogens (tertiary/aromatic N) is 4. The van der Waals surface area contributed by atoms with E-state index in [2.05, 4.69) is 28.7 Å². The molecule has 168 valence electrons. The Hall–Kier alpha value is -2.54. The lowest BCUT2D eigenvalue weighted by Crippen LogP contribution is -2.51. The smallest absolute Gasteiger partial charge is 0.253 e. The molecule has 3 heterocycles. The van der Waals surface area contributed by atoms with Crippen molar-refractivity contribution in [2.24, 2.45) is 5.92 Å². The molecular weight excluding hydrogens is 424 g/mol. The molecule has 1 aliphatic rings. The molecule has 1 fully saturated rings. The highest BCUT2D eigenvalue weighted by atomic mass is 35.5. The number of para-hydroxylation sites is 1. The van der Waals surface area contributed by atoms with Crippen LogP contribution in [0.3, 0.4) is 0 Å². The van der Waals surface area contributed by atoms with Gasteiger partial charge in [-0.25, -0.2) is 4.98 Å². The number of ether oxygens (including phenoxy) is 1. The number of aromatic nitrogens is 2. The Morgan fingerprint density at radius 1 is 1.16 bits per heavy atom. The number of halogens is 1. The van der Waals surface area contributed by atoms with Gasteiger partial charge < -0.3 is 9.64 Å². The maximum Gasteiger partial charge on any atom is 0.253 e. The molecule has 0 saturated carbocycles. The Labute approximate surface area is 194 Å². The van der Waals surface area contributed by atoms with Crippen LogP contribution in [0.1, 0.15) is 25.0 Å². The van der Waals surface area contributed by atoms with Crippen molar-refractivity contribution in [2.45, 2.75) is 33.0 Å². The summed E-state index contributed by atoms with van der Waals surface area (Å²) >= 11 is 6.24. The van der Waals surface area contributed by atoms with Crippen LogP contribution in [0.25, 0.3) is 10.9 Å². The second-order valence-corrected chi connectivity index (χ2v) is 9.01. The molecule has 3 aromatic rings. The first-order valence-corrected chi connectivity index (χ1v) is 11.4. The van der Waals surface area contributed by atoms with Gasteiger partial charge in [-0.05, 0) is 23.6 Å². The van der Waals surface area contributed by atoms with E-state index < -0.39 is 6.10 Å². The van der Waals surface area contributed by atoms with E-state index in [4.69, 9.17) is 16.3 Å². The Bertz CT molecular complexity index is 1070. The van der Waals surface area contributed by atoms with E-state index in [9.17, 15) is 4.79 Å². The van der Waals surface area contributed by atoms with Gasteiger partial charge in [0.2, 0.25) is 0 Å². The topological polar surface area (TPSA) is 58.6 Å². The number of rotatable bonds is 7. The third-order valence-electron chi connectivity index (χ3n) is 5.63. The number of morpholine rings is 1. The molecule has 1 saturated heterocycles. The zero-order chi connectivity index (χ0) is 22.5. The first kappa shape index (κ1) is 22.6. The molecule has 0 bridgehead atoms. The van der Waals surface area contributed by atoms with Crippen LogP contribution in [0.4, 0.5) is 0 Å². The van der Waals surface area contributed by atoms with Gasteiger partial charge in [0.25, 0.3) is 5.91 Å². The lowest BCUT2D eigenvalue weighted by atomic mass is 10.1. The van der Waals surface area contributed by atoms with Crippen molar-refractivity contribution in [3.63, 3.8) is 0 Å². The number of fused-ring (bicyclic) bond motifs is 1. The molecule has 6 nitrogen and oxygen atoms in total. The van der Waals surface area contributed by atoms with E-state index >= 15 is 0 Å². The van der Waals surface area contributed by atoms with Gasteiger partial charge >= 0.3 is 0 Å². The van der Waals surface area contributed by atoms with E-state index in [1.54, 1.807) is 12.4 Å². The Morgan fingerprint density at radius 3 is 2.72 bits per heavy atom. The average Bonchev–Trinajstić information content (AvgIpc) is 2.80. The summed E-state index contributed by atoms with van der Waals surface area (Å²) in [5.74, 6) is 0.365. The minimum Gasteiger partial charge on any atom is -0.366 e. The summed E-state index contributed by atoms with van der Waals surface area (Å²) in [5.41, 5.74) is 2.95. The zero-order valence-corrected chi connectivity index (χ0v) is 19.3. The molecule has 1 aliphatic heterocycles. The number of benzene rings is 1. The monoisotopic (exact) mass is 452 g/mol. The van der Waals surface area contributed by atoms with Crippen molar-refractivity contribution in [1.29, 1.82) is 0 Å². The van der Waals surface area contributed by atoms with Crippen molar-refractivity contribution in [3.8, 4) is 0 Å². The summed E-state index contributed by atoms with van der Waals surface area (Å²) in [7, 11) is 0. The van der Waals surface area contributed by atoms with Crippen LogP contribution in [0.5, 0.6) is 0 Å². The van der Waals surface area contributed by atoms with Crippen molar-refractivity contribution in [2.75, 3.05) is 26.2 Å². The standard InChI is InChI=1S/C25H29ClN4O2/c1-18(2)14-30(16-20-7-3-6-19-8-4-10-27-23(19)20)25(31)22-17-29(12-13-32-22)15-21-9-5-11-28-24(21)26/h3-11,18,22H,12-17H2,1-2H3/t22-/m1/s1. The third-order valence-corrected chi connectivity index (χ3v) is 5.97. The number of amides is 1. The Kier molecular flexibility index (Phi) is 7.35. The second kappa shape index (κ2) is 10.4. The fraction of sp³-hybridized carbons (Fsp3) is 0.400. The third kappa shape index (κ3) is 5.44. The van der Waals surface area contributed by atoms with Crippen LogP contribution in [-0.2, 0) is 22.6 Å². The van der Waals surface area contributed by atoms with Gasteiger partial charge in [-0.3, -0.25) is 14.7 Å². The summed E-state index contributed by atoms with van der Waals surface area (Å²) < 4.78 is 5.93. The lowest BCUT2D eigenvalue weighted by molar-refractivity contribution is -0.151. The average molecular weight is 453 g/mol. The van der Waals surface area contributed by atoms with Gasteiger partial charge in [0.1, 0.15) is 11.3 Å². The SMILES string of the molecule is CC(C)CN(Cc1cccc2cccnc12)C(=O)[C@H]1CN(Cc2cccnc2Cl)CCO1. The predicted molar refractivity (Wildman–Crippen MR) is 126 cm³/mol. The number of carbonyl (C=O) groups excluding carboxylic acids is 1. The van der Waals surface area contributed by atoms with Gasteiger partial charge in [0, 0.05) is 56.1 Å². The first-order valence-electron chi connectivity index (χ1n) is 11.1. The van der Waals surface area contributed by atoms with Gasteiger partial charge in [0.15, 0.2) is 0 Å². The molecule has 0 radical (unpaired) electrons. The van der Waals surface area contributed by atoms with E-state index in [1.807, 2.05) is 47.4 Å². The molecule has 0 unspecified atom stereocenters. The highest BCUT2D eigenvalue weighted by Gasteiger charge is 2.31. The molecule has 1 aromatic carbocycles. The molecule has 0 spiro atoms. The van der Waals surface area contributed by atoms with Gasteiger partial charge in [-0.15, -0.1) is 0 Å². The van der Waals surface area contributed by atoms with Crippen molar-refractivity contribution >= 4 is 28.4 Å². The summed E-state index contributed by atoms with van der Waals surface area (Å²) in [5, 5.41) is 1.59. The van der Waals surface area contributed by atoms with Crippen LogP contribution in [0.2, 0.25) is 5.15 Å². The van der Waals surface area contributed by atoms with Crippen LogP contribution in [-0.4, -0.2) is 58.0 Å². The highest BCUT2D eigenvalue weighted by molar-refractivity contribution is 6.30. The summed E-state index contributed by atoms with van der Waals surface area (Å²) in [6, 6.07) is 14.0. The molecule has 2 aromatic heterocycles. The Balaban J connectivity index is 1.50. The maximum absolute atomic E-state index is 13.6. The molecule has 32 heavy (non-hydrogen) atoms. The molecule has 1 amide bonds. The fourth-order valence-corrected chi connectivity index (χ4v) is 4.33. The van der Waals surface area contributed by atoms with Crippen LogP contribution >= 0.6 is 11.6 Å². The number of hydrogen-bond acceptors (Lipinski definition) is 5. The molecule has 0 N–H and O–H groups in total. The molecule has 7 heteroatoms. The van der Waals surface area contributed by atoms with Gasteiger partial charge in [-0.2, -0.15) is 0 Å². The minimum atomic E-state index is -0.499. The molecule has 1 atom stereocenters. The summed E-state index contributed by atoms with van der Waals surface area (Å²) in [4.78, 5) is 26.4. The maximum atomic E-state index is 13.6. The second-order valence-electron chi connectivity index (χ2n) is 8.65. The van der Waals surface area contributed by atoms with Crippen LogP contribution < -0.4 is 0 Å². The number of pyridine rings is 2.